The number of nitrogens with one attached hydrogen (secondary N) is 3. The predicted molar refractivity (Wildman–Crippen MR) is 88.7 cm³/mol. The Kier molecular flexibility index (Phi) is 5.39. The minimum absolute atomic E-state index is 0.0435. The molecule has 132 valence electrons. The quantitative estimate of drug-likeness (QED) is 0.713. The van der Waals surface area contributed by atoms with Crippen molar-refractivity contribution in [3.63, 3.8) is 0 Å². The van der Waals surface area contributed by atoms with Gasteiger partial charge in [-0.25, -0.2) is 9.37 Å². The first kappa shape index (κ1) is 17.1. The van der Waals surface area contributed by atoms with Crippen LogP contribution in [0.5, 0.6) is 0 Å². The zero-order valence-corrected chi connectivity index (χ0v) is 13.7. The number of halogens is 1. The third kappa shape index (κ3) is 4.63. The largest absolute Gasteiger partial charge is 0.353 e. The van der Waals surface area contributed by atoms with E-state index in [0.29, 0.717) is 25.5 Å². The Morgan fingerprint density at radius 2 is 2.32 bits per heavy atom. The Morgan fingerprint density at radius 1 is 1.44 bits per heavy atom. The Hall–Kier alpha value is -2.74. The summed E-state index contributed by atoms with van der Waals surface area (Å²) in [6.07, 6.45) is 3.33. The molecule has 0 radical (unpaired) electrons. The highest BCUT2D eigenvalue weighted by Crippen LogP contribution is 2.14. The minimum Gasteiger partial charge on any atom is -0.353 e. The second kappa shape index (κ2) is 7.89. The van der Waals surface area contributed by atoms with Crippen molar-refractivity contribution >= 4 is 11.8 Å². The summed E-state index contributed by atoms with van der Waals surface area (Å²) in [6, 6.07) is 5.70. The van der Waals surface area contributed by atoms with Crippen molar-refractivity contribution in [1.29, 1.82) is 0 Å². The summed E-state index contributed by atoms with van der Waals surface area (Å²) in [6.45, 7) is 1.82. The second-order valence-corrected chi connectivity index (χ2v) is 5.92. The third-order valence-corrected chi connectivity index (χ3v) is 4.10. The van der Waals surface area contributed by atoms with E-state index in [0.717, 1.165) is 5.56 Å². The van der Waals surface area contributed by atoms with Crippen molar-refractivity contribution in [2.75, 3.05) is 13.1 Å². The number of aromatic nitrogens is 2. The van der Waals surface area contributed by atoms with Crippen LogP contribution in [0.1, 0.15) is 17.8 Å². The van der Waals surface area contributed by atoms with E-state index >= 15 is 0 Å². The summed E-state index contributed by atoms with van der Waals surface area (Å²) in [4.78, 5) is 33.2. The molecule has 2 aromatic rings. The third-order valence-electron chi connectivity index (χ3n) is 4.10. The molecular formula is C17H20FN5O2. The average molecular weight is 345 g/mol. The molecule has 1 atom stereocenters. The molecule has 3 N–H and O–H groups in total. The van der Waals surface area contributed by atoms with Gasteiger partial charge in [0.2, 0.25) is 11.8 Å². The molecule has 0 aliphatic carbocycles. The lowest BCUT2D eigenvalue weighted by atomic mass is 10.1. The molecule has 1 aliphatic rings. The maximum Gasteiger partial charge on any atom is 0.237 e. The second-order valence-electron chi connectivity index (χ2n) is 5.92. The van der Waals surface area contributed by atoms with Gasteiger partial charge in [-0.2, -0.15) is 0 Å². The molecule has 0 unspecified atom stereocenters. The van der Waals surface area contributed by atoms with E-state index in [2.05, 4.69) is 20.6 Å². The van der Waals surface area contributed by atoms with E-state index in [9.17, 15) is 14.0 Å². The highest BCUT2D eigenvalue weighted by Gasteiger charge is 2.31. The van der Waals surface area contributed by atoms with Crippen LogP contribution in [0.4, 0.5) is 4.39 Å². The van der Waals surface area contributed by atoms with Crippen molar-refractivity contribution in [3.8, 4) is 0 Å². The van der Waals surface area contributed by atoms with Crippen LogP contribution >= 0.6 is 0 Å². The zero-order valence-electron chi connectivity index (χ0n) is 13.7. The Morgan fingerprint density at radius 3 is 3.08 bits per heavy atom. The fourth-order valence-corrected chi connectivity index (χ4v) is 2.87. The molecule has 1 saturated heterocycles. The highest BCUT2D eigenvalue weighted by molar-refractivity contribution is 5.88. The van der Waals surface area contributed by atoms with Crippen LogP contribution in [0.2, 0.25) is 0 Å². The fourth-order valence-electron chi connectivity index (χ4n) is 2.87. The number of carbonyl (C=O) groups is 2. The molecule has 7 nitrogen and oxygen atoms in total. The van der Waals surface area contributed by atoms with Crippen molar-refractivity contribution in [1.82, 2.24) is 25.5 Å². The van der Waals surface area contributed by atoms with Gasteiger partial charge in [0.15, 0.2) is 0 Å². The molecule has 1 aromatic carbocycles. The average Bonchev–Trinajstić information content (AvgIpc) is 3.10. The number of rotatable bonds is 6. The number of imidazole rings is 1. The van der Waals surface area contributed by atoms with Gasteiger partial charge in [-0.1, -0.05) is 12.1 Å². The van der Waals surface area contributed by atoms with E-state index in [1.54, 1.807) is 18.5 Å². The fraction of sp³-hybridized carbons (Fsp3) is 0.353. The first-order valence-corrected chi connectivity index (χ1v) is 8.13. The molecule has 8 heteroatoms. The van der Waals surface area contributed by atoms with Gasteiger partial charge in [-0.15, -0.1) is 0 Å². The molecule has 0 spiro atoms. The monoisotopic (exact) mass is 345 g/mol. The number of aromatic amines is 1. The summed E-state index contributed by atoms with van der Waals surface area (Å²) < 4.78 is 13.4. The van der Waals surface area contributed by atoms with Crippen molar-refractivity contribution in [2.24, 2.45) is 0 Å². The van der Waals surface area contributed by atoms with Crippen LogP contribution in [0, 0.1) is 5.82 Å². The Bertz CT molecular complexity index is 734. The molecule has 3 rings (SSSR count). The molecule has 1 fully saturated rings. The molecule has 1 aliphatic heterocycles. The lowest BCUT2D eigenvalue weighted by Crippen LogP contribution is -2.56. The van der Waals surface area contributed by atoms with Crippen molar-refractivity contribution in [2.45, 2.75) is 25.6 Å². The first-order chi connectivity index (χ1) is 12.1. The van der Waals surface area contributed by atoms with Crippen LogP contribution in [0.3, 0.4) is 0 Å². The summed E-state index contributed by atoms with van der Waals surface area (Å²) in [7, 11) is 0. The summed E-state index contributed by atoms with van der Waals surface area (Å²) in [5, 5.41) is 5.53. The SMILES string of the molecule is O=C(C[C@H]1C(=O)NCCN1Cc1cccc(F)c1)NCc1ncc[nH]1. The number of hydrogen-bond donors (Lipinski definition) is 3. The van der Waals surface area contributed by atoms with E-state index in [1.165, 1.54) is 12.1 Å². The van der Waals surface area contributed by atoms with Crippen LogP contribution in [-0.4, -0.2) is 45.8 Å². The number of hydrogen-bond acceptors (Lipinski definition) is 4. The van der Waals surface area contributed by atoms with E-state index in [1.807, 2.05) is 11.0 Å². The highest BCUT2D eigenvalue weighted by atomic mass is 19.1. The van der Waals surface area contributed by atoms with Gasteiger partial charge in [0, 0.05) is 32.0 Å². The van der Waals surface area contributed by atoms with E-state index in [-0.39, 0.29) is 30.6 Å². The number of H-pyrrole nitrogens is 1. The number of carbonyl (C=O) groups excluding carboxylic acids is 2. The molecule has 0 saturated carbocycles. The standard InChI is InChI=1S/C17H20FN5O2/c18-13-3-1-2-12(8-13)11-23-7-6-21-17(25)14(23)9-16(24)22-10-15-19-4-5-20-15/h1-5,8,14H,6-7,9-11H2,(H,19,20)(H,21,25)(H,22,24)/t14-/m0/s1. The van der Waals surface area contributed by atoms with Gasteiger partial charge in [0.1, 0.15) is 11.6 Å². The number of amides is 2. The van der Waals surface area contributed by atoms with Gasteiger partial charge >= 0.3 is 0 Å². The van der Waals surface area contributed by atoms with Crippen LogP contribution in [0.15, 0.2) is 36.7 Å². The van der Waals surface area contributed by atoms with Crippen LogP contribution in [-0.2, 0) is 22.7 Å². The minimum atomic E-state index is -0.575. The number of nitrogens with zero attached hydrogens (tertiary/aromatic N) is 2. The lowest BCUT2D eigenvalue weighted by Gasteiger charge is -2.34. The van der Waals surface area contributed by atoms with Gasteiger partial charge in [-0.05, 0) is 17.7 Å². The van der Waals surface area contributed by atoms with E-state index in [4.69, 9.17) is 0 Å². The summed E-state index contributed by atoms with van der Waals surface area (Å²) in [5.41, 5.74) is 0.774. The molecule has 0 bridgehead atoms. The first-order valence-electron chi connectivity index (χ1n) is 8.13. The summed E-state index contributed by atoms with van der Waals surface area (Å²) in [5.74, 6) is -0.0803. The van der Waals surface area contributed by atoms with E-state index < -0.39 is 6.04 Å². The van der Waals surface area contributed by atoms with Crippen molar-refractivity contribution in [3.05, 3.63) is 53.9 Å². The Balaban J connectivity index is 1.61. The van der Waals surface area contributed by atoms with Crippen molar-refractivity contribution < 1.29 is 14.0 Å². The van der Waals surface area contributed by atoms with Gasteiger partial charge in [0.25, 0.3) is 0 Å². The van der Waals surface area contributed by atoms with Gasteiger partial charge < -0.3 is 15.6 Å². The molecule has 2 heterocycles. The predicted octanol–water partition coefficient (Wildman–Crippen LogP) is 0.556. The number of benzene rings is 1. The lowest BCUT2D eigenvalue weighted by molar-refractivity contribution is -0.134. The Labute approximate surface area is 144 Å². The topological polar surface area (TPSA) is 90.1 Å². The zero-order chi connectivity index (χ0) is 17.6. The van der Waals surface area contributed by atoms with Crippen LogP contribution < -0.4 is 10.6 Å². The molecular weight excluding hydrogens is 325 g/mol. The maximum atomic E-state index is 13.4. The normalized spacial score (nSPS) is 18.0. The smallest absolute Gasteiger partial charge is 0.237 e. The molecule has 1 aromatic heterocycles. The number of piperazine rings is 1. The summed E-state index contributed by atoms with van der Waals surface area (Å²) >= 11 is 0. The molecule has 2 amide bonds. The van der Waals surface area contributed by atoms with Gasteiger partial charge in [0.05, 0.1) is 19.0 Å². The van der Waals surface area contributed by atoms with Gasteiger partial charge in [-0.3, -0.25) is 14.5 Å². The van der Waals surface area contributed by atoms with Crippen LogP contribution in [0.25, 0.3) is 0 Å². The maximum absolute atomic E-state index is 13.4. The molecule has 25 heavy (non-hydrogen) atoms.